The van der Waals surface area contributed by atoms with Crippen molar-refractivity contribution in [3.63, 3.8) is 0 Å². The molecule has 0 saturated carbocycles. The molecule has 1 aliphatic rings. The highest BCUT2D eigenvalue weighted by Crippen LogP contribution is 2.29. The Balaban J connectivity index is 2.41. The van der Waals surface area contributed by atoms with Crippen LogP contribution in [0.15, 0.2) is 23.1 Å². The second kappa shape index (κ2) is 4.48. The molecule has 4 nitrogen and oxygen atoms in total. The Kier molecular flexibility index (Phi) is 3.34. The lowest BCUT2D eigenvalue weighted by molar-refractivity contribution is 0.465. The molecule has 94 valence electrons. The van der Waals surface area contributed by atoms with Crippen LogP contribution >= 0.6 is 11.6 Å². The van der Waals surface area contributed by atoms with Crippen molar-refractivity contribution in [1.29, 1.82) is 0 Å². The number of halogens is 1. The molecule has 6 heteroatoms. The third kappa shape index (κ3) is 2.41. The molecule has 1 aliphatic heterocycles. The van der Waals surface area contributed by atoms with Crippen LogP contribution in [0.5, 0.6) is 0 Å². The van der Waals surface area contributed by atoms with E-state index in [1.54, 1.807) is 6.07 Å². The molecule has 1 aromatic rings. The third-order valence-corrected chi connectivity index (χ3v) is 5.14. The van der Waals surface area contributed by atoms with Gasteiger partial charge >= 0.3 is 0 Å². The lowest BCUT2D eigenvalue weighted by atomic mass is 10.2. The fraction of sp³-hybridized carbons (Fsp3) is 0.455. The van der Waals surface area contributed by atoms with Crippen molar-refractivity contribution in [3.8, 4) is 0 Å². The van der Waals surface area contributed by atoms with Gasteiger partial charge in [0.15, 0.2) is 0 Å². The first-order valence-corrected chi connectivity index (χ1v) is 7.28. The summed E-state index contributed by atoms with van der Waals surface area (Å²) in [7, 11) is -3.50. The molecule has 1 atom stereocenters. The van der Waals surface area contributed by atoms with Gasteiger partial charge in [-0.3, -0.25) is 0 Å². The van der Waals surface area contributed by atoms with Gasteiger partial charge in [-0.05, 0) is 30.5 Å². The minimum absolute atomic E-state index is 0.110. The minimum atomic E-state index is -3.50. The normalized spacial score (nSPS) is 21.9. The van der Waals surface area contributed by atoms with Gasteiger partial charge in [-0.2, -0.15) is 4.31 Å². The highest BCUT2D eigenvalue weighted by atomic mass is 35.5. The van der Waals surface area contributed by atoms with Crippen molar-refractivity contribution in [1.82, 2.24) is 4.31 Å². The Morgan fingerprint density at radius 3 is 2.76 bits per heavy atom. The van der Waals surface area contributed by atoms with Crippen LogP contribution in [0.1, 0.15) is 13.3 Å². The van der Waals surface area contributed by atoms with Crippen molar-refractivity contribution in [2.24, 2.45) is 5.92 Å². The maximum Gasteiger partial charge on any atom is 0.245 e. The monoisotopic (exact) mass is 274 g/mol. The van der Waals surface area contributed by atoms with Gasteiger partial charge in [0, 0.05) is 18.1 Å². The summed E-state index contributed by atoms with van der Waals surface area (Å²) in [5, 5.41) is 0.380. The molecule has 1 fully saturated rings. The van der Waals surface area contributed by atoms with Crippen molar-refractivity contribution >= 4 is 27.3 Å². The molecule has 1 saturated heterocycles. The summed E-state index contributed by atoms with van der Waals surface area (Å²) in [5.41, 5.74) is 5.96. The van der Waals surface area contributed by atoms with Crippen molar-refractivity contribution in [2.45, 2.75) is 18.2 Å². The standard InChI is InChI=1S/C11H15ClN2O2S/c1-8-4-5-14(7-8)17(15,16)11-6-9(12)2-3-10(11)13/h2-3,6,8H,4-5,7,13H2,1H3. The first kappa shape index (κ1) is 12.7. The average Bonchev–Trinajstić information content (AvgIpc) is 2.69. The first-order chi connectivity index (χ1) is 7.91. The van der Waals surface area contributed by atoms with Crippen LogP contribution in [0.3, 0.4) is 0 Å². The highest BCUT2D eigenvalue weighted by Gasteiger charge is 2.31. The average molecular weight is 275 g/mol. The van der Waals surface area contributed by atoms with Crippen LogP contribution < -0.4 is 5.73 Å². The molecular formula is C11H15ClN2O2S. The molecule has 2 rings (SSSR count). The van der Waals surface area contributed by atoms with Gasteiger partial charge in [-0.25, -0.2) is 8.42 Å². The Morgan fingerprint density at radius 1 is 1.47 bits per heavy atom. The van der Waals surface area contributed by atoms with Crippen LogP contribution in [-0.4, -0.2) is 25.8 Å². The van der Waals surface area contributed by atoms with E-state index in [1.165, 1.54) is 16.4 Å². The Bertz CT molecular complexity index is 530. The molecule has 0 aliphatic carbocycles. The molecule has 0 amide bonds. The number of rotatable bonds is 2. The summed E-state index contributed by atoms with van der Waals surface area (Å²) in [6.45, 7) is 3.14. The summed E-state index contributed by atoms with van der Waals surface area (Å²) in [4.78, 5) is 0.110. The van der Waals surface area contributed by atoms with Crippen LogP contribution in [0.25, 0.3) is 0 Å². The number of hydrogen-bond acceptors (Lipinski definition) is 3. The van der Waals surface area contributed by atoms with Gasteiger partial charge < -0.3 is 5.73 Å². The van der Waals surface area contributed by atoms with Crippen LogP contribution in [0.4, 0.5) is 5.69 Å². The number of nitrogens with zero attached hydrogens (tertiary/aromatic N) is 1. The van der Waals surface area contributed by atoms with Crippen LogP contribution in [0, 0.1) is 5.92 Å². The molecule has 2 N–H and O–H groups in total. The smallest absolute Gasteiger partial charge is 0.245 e. The zero-order chi connectivity index (χ0) is 12.6. The lowest BCUT2D eigenvalue weighted by Crippen LogP contribution is -2.29. The second-order valence-electron chi connectivity index (χ2n) is 4.44. The van der Waals surface area contributed by atoms with Gasteiger partial charge in [-0.1, -0.05) is 18.5 Å². The number of anilines is 1. The Morgan fingerprint density at radius 2 is 2.18 bits per heavy atom. The molecule has 0 radical (unpaired) electrons. The summed E-state index contributed by atoms with van der Waals surface area (Å²) < 4.78 is 26.2. The van der Waals surface area contributed by atoms with E-state index in [2.05, 4.69) is 0 Å². The number of nitrogen functional groups attached to an aromatic ring is 1. The Labute approximate surface area is 106 Å². The maximum absolute atomic E-state index is 12.3. The van der Waals surface area contributed by atoms with Crippen LogP contribution in [-0.2, 0) is 10.0 Å². The number of sulfonamides is 1. The fourth-order valence-electron chi connectivity index (χ4n) is 1.98. The summed E-state index contributed by atoms with van der Waals surface area (Å²) in [5.74, 6) is 0.394. The number of hydrogen-bond donors (Lipinski definition) is 1. The minimum Gasteiger partial charge on any atom is -0.398 e. The fourth-order valence-corrected chi connectivity index (χ4v) is 3.94. The largest absolute Gasteiger partial charge is 0.398 e. The molecule has 0 spiro atoms. The van der Waals surface area contributed by atoms with E-state index in [-0.39, 0.29) is 10.6 Å². The predicted molar refractivity (Wildman–Crippen MR) is 68.4 cm³/mol. The molecule has 17 heavy (non-hydrogen) atoms. The SMILES string of the molecule is CC1CCN(S(=O)(=O)c2cc(Cl)ccc2N)C1. The van der Waals surface area contributed by atoms with E-state index >= 15 is 0 Å². The summed E-state index contributed by atoms with van der Waals surface area (Å²) >= 11 is 5.82. The quantitative estimate of drug-likeness (QED) is 0.839. The molecule has 0 bridgehead atoms. The van der Waals surface area contributed by atoms with E-state index in [0.29, 0.717) is 24.0 Å². The van der Waals surface area contributed by atoms with Gasteiger partial charge in [0.2, 0.25) is 10.0 Å². The molecule has 1 heterocycles. The topological polar surface area (TPSA) is 63.4 Å². The summed E-state index contributed by atoms with van der Waals surface area (Å²) in [6.07, 6.45) is 0.889. The molecule has 0 aromatic heterocycles. The maximum atomic E-state index is 12.3. The molecule has 1 unspecified atom stereocenters. The number of benzene rings is 1. The van der Waals surface area contributed by atoms with E-state index in [1.807, 2.05) is 6.92 Å². The van der Waals surface area contributed by atoms with Gasteiger partial charge in [0.05, 0.1) is 5.69 Å². The zero-order valence-electron chi connectivity index (χ0n) is 9.56. The van der Waals surface area contributed by atoms with E-state index in [0.717, 1.165) is 6.42 Å². The highest BCUT2D eigenvalue weighted by molar-refractivity contribution is 7.89. The third-order valence-electron chi connectivity index (χ3n) is 2.98. The first-order valence-electron chi connectivity index (χ1n) is 5.46. The van der Waals surface area contributed by atoms with Crippen molar-refractivity contribution in [3.05, 3.63) is 23.2 Å². The molecule has 1 aromatic carbocycles. The van der Waals surface area contributed by atoms with E-state index in [4.69, 9.17) is 17.3 Å². The number of nitrogens with two attached hydrogens (primary N) is 1. The van der Waals surface area contributed by atoms with E-state index < -0.39 is 10.0 Å². The zero-order valence-corrected chi connectivity index (χ0v) is 11.1. The van der Waals surface area contributed by atoms with E-state index in [9.17, 15) is 8.42 Å². The van der Waals surface area contributed by atoms with Crippen LogP contribution in [0.2, 0.25) is 5.02 Å². The molecular weight excluding hydrogens is 260 g/mol. The Hall–Kier alpha value is -0.780. The van der Waals surface area contributed by atoms with Crippen molar-refractivity contribution in [2.75, 3.05) is 18.8 Å². The summed E-state index contributed by atoms with van der Waals surface area (Å²) in [6, 6.07) is 4.52. The van der Waals surface area contributed by atoms with Gasteiger partial charge in [0.25, 0.3) is 0 Å². The van der Waals surface area contributed by atoms with Crippen molar-refractivity contribution < 1.29 is 8.42 Å². The van der Waals surface area contributed by atoms with Gasteiger partial charge in [0.1, 0.15) is 4.90 Å². The lowest BCUT2D eigenvalue weighted by Gasteiger charge is -2.17. The predicted octanol–water partition coefficient (Wildman–Crippen LogP) is 1.95. The van der Waals surface area contributed by atoms with Gasteiger partial charge in [-0.15, -0.1) is 0 Å². The second-order valence-corrected chi connectivity index (χ2v) is 6.78.